The lowest BCUT2D eigenvalue weighted by Gasteiger charge is -2.13. The number of imide groups is 1. The van der Waals surface area contributed by atoms with Crippen LogP contribution < -0.4 is 5.32 Å². The molecule has 2 aromatic carbocycles. The first-order valence-electron chi connectivity index (χ1n) is 10.1. The van der Waals surface area contributed by atoms with Crippen LogP contribution in [-0.4, -0.2) is 64.0 Å². The summed E-state index contributed by atoms with van der Waals surface area (Å²) in [7, 11) is 1.18. The third-order valence-corrected chi connectivity index (χ3v) is 6.94. The van der Waals surface area contributed by atoms with Crippen LogP contribution >= 0.6 is 35.1 Å². The number of hydrogen-bond acceptors (Lipinski definition) is 10. The van der Waals surface area contributed by atoms with Crippen molar-refractivity contribution < 1.29 is 33.9 Å². The van der Waals surface area contributed by atoms with Gasteiger partial charge in [0, 0.05) is 17.5 Å². The minimum atomic E-state index is -0.729. The fraction of sp³-hybridized carbons (Fsp3) is 0.182. The highest BCUT2D eigenvalue weighted by molar-refractivity contribution is 8.18. The number of aliphatic hydroxyl groups excluding tert-OH is 1. The topological polar surface area (TPSA) is 156 Å². The molecule has 0 bridgehead atoms. The van der Waals surface area contributed by atoms with Gasteiger partial charge in [-0.1, -0.05) is 17.7 Å². The van der Waals surface area contributed by atoms with E-state index in [1.54, 1.807) is 6.07 Å². The first-order chi connectivity index (χ1) is 17.1. The molecule has 1 heterocycles. The summed E-state index contributed by atoms with van der Waals surface area (Å²) in [6.07, 6.45) is 1.33. The van der Waals surface area contributed by atoms with Gasteiger partial charge in [0.05, 0.1) is 39.0 Å². The van der Waals surface area contributed by atoms with Gasteiger partial charge >= 0.3 is 5.97 Å². The third-order valence-electron chi connectivity index (χ3n) is 4.66. The van der Waals surface area contributed by atoms with E-state index in [1.165, 1.54) is 43.5 Å². The minimum Gasteiger partial charge on any atom is -0.465 e. The maximum Gasteiger partial charge on any atom is 0.339 e. The Balaban J connectivity index is 1.73. The normalized spacial score (nSPS) is 14.3. The van der Waals surface area contributed by atoms with Gasteiger partial charge in [0.2, 0.25) is 5.91 Å². The number of amides is 3. The van der Waals surface area contributed by atoms with E-state index in [9.17, 15) is 29.3 Å². The number of rotatable bonds is 9. The Kier molecular flexibility index (Phi) is 9.09. The van der Waals surface area contributed by atoms with Gasteiger partial charge in [0.15, 0.2) is 0 Å². The van der Waals surface area contributed by atoms with Crippen molar-refractivity contribution in [2.75, 3.05) is 31.3 Å². The highest BCUT2D eigenvalue weighted by Gasteiger charge is 2.36. The van der Waals surface area contributed by atoms with Gasteiger partial charge in [-0.05, 0) is 47.7 Å². The van der Waals surface area contributed by atoms with Gasteiger partial charge < -0.3 is 15.2 Å². The fourth-order valence-electron chi connectivity index (χ4n) is 3.05. The largest absolute Gasteiger partial charge is 0.465 e. The molecule has 0 aromatic heterocycles. The average Bonchev–Trinajstić information content (AvgIpc) is 3.10. The summed E-state index contributed by atoms with van der Waals surface area (Å²) in [6.45, 7) is -0.732. The van der Waals surface area contributed by atoms with Crippen LogP contribution in [0.4, 0.5) is 16.2 Å². The Bertz CT molecular complexity index is 1280. The number of nitrogens with zero attached hydrogens (tertiary/aromatic N) is 2. The van der Waals surface area contributed by atoms with Gasteiger partial charge in [0.1, 0.15) is 6.54 Å². The molecule has 1 aliphatic rings. The molecule has 188 valence electrons. The fourth-order valence-corrected chi connectivity index (χ4v) is 4.84. The van der Waals surface area contributed by atoms with Crippen molar-refractivity contribution in [3.05, 3.63) is 67.6 Å². The maximum absolute atomic E-state index is 12.8. The first-order valence-corrected chi connectivity index (χ1v) is 12.3. The summed E-state index contributed by atoms with van der Waals surface area (Å²) in [4.78, 5) is 61.3. The Morgan fingerprint density at radius 1 is 1.28 bits per heavy atom. The summed E-state index contributed by atoms with van der Waals surface area (Å²) in [5.74, 6) is -1.85. The number of thioether (sulfide) groups is 2. The van der Waals surface area contributed by atoms with Crippen LogP contribution in [0.2, 0.25) is 5.02 Å². The summed E-state index contributed by atoms with van der Waals surface area (Å²) in [5.41, 5.74) is 0.358. The molecule has 1 saturated heterocycles. The second-order valence-corrected chi connectivity index (χ2v) is 9.60. The van der Waals surface area contributed by atoms with Crippen LogP contribution in [-0.2, 0) is 14.3 Å². The zero-order valence-corrected chi connectivity index (χ0v) is 20.9. The molecule has 11 nitrogen and oxygen atoms in total. The van der Waals surface area contributed by atoms with Gasteiger partial charge in [-0.15, -0.1) is 11.8 Å². The number of esters is 1. The van der Waals surface area contributed by atoms with Crippen molar-refractivity contribution in [1.82, 2.24) is 4.90 Å². The van der Waals surface area contributed by atoms with Gasteiger partial charge in [-0.2, -0.15) is 0 Å². The summed E-state index contributed by atoms with van der Waals surface area (Å²) in [5, 5.41) is 22.3. The van der Waals surface area contributed by atoms with Crippen LogP contribution in [0.15, 0.2) is 46.2 Å². The number of nitrogens with one attached hydrogen (secondary N) is 1. The molecule has 36 heavy (non-hydrogen) atoms. The number of anilines is 1. The molecular formula is C22H18ClN3O8S2. The van der Waals surface area contributed by atoms with Crippen molar-refractivity contribution >= 4 is 75.6 Å². The lowest BCUT2D eigenvalue weighted by Crippen LogP contribution is -2.36. The van der Waals surface area contributed by atoms with Gasteiger partial charge in [-0.3, -0.25) is 29.4 Å². The van der Waals surface area contributed by atoms with Crippen molar-refractivity contribution in [2.24, 2.45) is 0 Å². The summed E-state index contributed by atoms with van der Waals surface area (Å²) in [6, 6.07) is 8.44. The maximum atomic E-state index is 12.8. The minimum absolute atomic E-state index is 0.00247. The number of carbonyl (C=O) groups is 4. The second-order valence-electron chi connectivity index (χ2n) is 7.06. The molecule has 0 unspecified atom stereocenters. The second kappa shape index (κ2) is 12.0. The van der Waals surface area contributed by atoms with E-state index in [0.29, 0.717) is 22.2 Å². The van der Waals surface area contributed by atoms with Crippen LogP contribution in [0, 0.1) is 10.1 Å². The van der Waals surface area contributed by atoms with Crippen LogP contribution in [0.25, 0.3) is 6.08 Å². The highest BCUT2D eigenvalue weighted by Crippen LogP contribution is 2.35. The average molecular weight is 552 g/mol. The van der Waals surface area contributed by atoms with Crippen molar-refractivity contribution in [3.8, 4) is 0 Å². The number of aliphatic hydroxyl groups is 1. The molecule has 0 spiro atoms. The number of halogens is 1. The number of hydrogen-bond donors (Lipinski definition) is 2. The molecule has 3 amide bonds. The van der Waals surface area contributed by atoms with Crippen LogP contribution in [0.3, 0.4) is 0 Å². The quantitative estimate of drug-likeness (QED) is 0.154. The van der Waals surface area contributed by atoms with Gasteiger partial charge in [0.25, 0.3) is 16.8 Å². The van der Waals surface area contributed by atoms with E-state index in [4.69, 9.17) is 16.7 Å². The number of nitro groups is 1. The summed E-state index contributed by atoms with van der Waals surface area (Å²) >= 11 is 7.67. The van der Waals surface area contributed by atoms with E-state index < -0.39 is 34.5 Å². The molecular weight excluding hydrogens is 534 g/mol. The standard InChI is InChI=1S/C22H18ClN3O8S2/c1-34-21(30)14-10-13(3-4-15(14)23)24-19(28)11-25-20(29)18(36-22(25)31)9-12-2-5-17(35-7-6-27)16(8-12)26(32)33/h2-5,8-10,27H,6-7,11H2,1H3,(H,24,28)/b18-9-. The summed E-state index contributed by atoms with van der Waals surface area (Å²) < 4.78 is 4.63. The lowest BCUT2D eigenvalue weighted by atomic mass is 10.2. The number of ether oxygens (including phenoxy) is 1. The molecule has 2 N–H and O–H groups in total. The molecule has 1 aliphatic heterocycles. The predicted molar refractivity (Wildman–Crippen MR) is 135 cm³/mol. The van der Waals surface area contributed by atoms with E-state index in [-0.39, 0.29) is 39.2 Å². The Morgan fingerprint density at radius 2 is 2.03 bits per heavy atom. The molecule has 0 saturated carbocycles. The number of methoxy groups -OCH3 is 1. The highest BCUT2D eigenvalue weighted by atomic mass is 35.5. The zero-order valence-electron chi connectivity index (χ0n) is 18.6. The van der Waals surface area contributed by atoms with E-state index in [2.05, 4.69) is 10.1 Å². The van der Waals surface area contributed by atoms with Crippen molar-refractivity contribution in [1.29, 1.82) is 0 Å². The number of carbonyl (C=O) groups excluding carboxylic acids is 4. The smallest absolute Gasteiger partial charge is 0.339 e. The van der Waals surface area contributed by atoms with E-state index in [0.717, 1.165) is 16.7 Å². The lowest BCUT2D eigenvalue weighted by molar-refractivity contribution is -0.387. The van der Waals surface area contributed by atoms with E-state index >= 15 is 0 Å². The van der Waals surface area contributed by atoms with Gasteiger partial charge in [-0.25, -0.2) is 4.79 Å². The van der Waals surface area contributed by atoms with Crippen molar-refractivity contribution in [2.45, 2.75) is 4.90 Å². The Labute approximate surface area is 218 Å². The molecule has 0 atom stereocenters. The Morgan fingerprint density at radius 3 is 2.69 bits per heavy atom. The monoisotopic (exact) mass is 551 g/mol. The molecule has 0 aliphatic carbocycles. The first kappa shape index (κ1) is 27.2. The van der Waals surface area contributed by atoms with Crippen LogP contribution in [0.1, 0.15) is 15.9 Å². The number of nitro benzene ring substituents is 1. The van der Waals surface area contributed by atoms with Crippen molar-refractivity contribution in [3.63, 3.8) is 0 Å². The molecule has 1 fully saturated rings. The Hall–Kier alpha value is -3.39. The third kappa shape index (κ3) is 6.43. The number of benzene rings is 2. The SMILES string of the molecule is COC(=O)c1cc(NC(=O)CN2C(=O)S/C(=C\c3ccc(SCCO)c([N+](=O)[O-])c3)C2=O)ccc1Cl. The molecule has 0 radical (unpaired) electrons. The molecule has 2 aromatic rings. The predicted octanol–water partition coefficient (Wildman–Crippen LogP) is 3.79. The van der Waals surface area contributed by atoms with Crippen LogP contribution in [0.5, 0.6) is 0 Å². The van der Waals surface area contributed by atoms with E-state index in [1.807, 2.05) is 0 Å². The zero-order chi connectivity index (χ0) is 26.4. The molecule has 14 heteroatoms. The molecule has 3 rings (SSSR count).